The third-order valence-corrected chi connectivity index (χ3v) is 3.57. The molecule has 0 saturated carbocycles. The van der Waals surface area contributed by atoms with Gasteiger partial charge in [-0.25, -0.2) is 0 Å². The summed E-state index contributed by atoms with van der Waals surface area (Å²) in [5.74, 6) is 0. The molecule has 0 saturated heterocycles. The Balaban J connectivity index is 1.43. The van der Waals surface area contributed by atoms with Gasteiger partial charge in [0.05, 0.1) is 26.1 Å². The second-order valence-corrected chi connectivity index (χ2v) is 5.27. The molecule has 0 fully saturated rings. The van der Waals surface area contributed by atoms with Crippen molar-refractivity contribution in [3.05, 3.63) is 84.1 Å². The van der Waals surface area contributed by atoms with E-state index in [0.717, 1.165) is 11.1 Å². The second kappa shape index (κ2) is 7.78. The maximum Gasteiger partial charge on any atom is 0.151 e. The van der Waals surface area contributed by atoms with Gasteiger partial charge in [0.15, 0.2) is 6.10 Å². The van der Waals surface area contributed by atoms with Gasteiger partial charge in [0.2, 0.25) is 0 Å². The Hall–Kier alpha value is -2.10. The highest BCUT2D eigenvalue weighted by molar-refractivity contribution is 5.14. The highest BCUT2D eigenvalue weighted by atomic mass is 16.6. The number of hydrogen-bond acceptors (Lipinski definition) is 3. The van der Waals surface area contributed by atoms with Crippen molar-refractivity contribution in [3.63, 3.8) is 0 Å². The standard InChI is InChI=1S/C19H20O3/c1-3-7-16(8-4-1)13-20-15-19-18(11-12-21-19)22-14-17-9-5-2-6-10-17/h1-12,18-19H,13-15H2/t18-,19+/m1/s1. The van der Waals surface area contributed by atoms with E-state index >= 15 is 0 Å². The van der Waals surface area contributed by atoms with Crippen LogP contribution in [0.3, 0.4) is 0 Å². The van der Waals surface area contributed by atoms with Crippen LogP contribution in [0.1, 0.15) is 11.1 Å². The molecule has 0 bridgehead atoms. The van der Waals surface area contributed by atoms with Crippen molar-refractivity contribution < 1.29 is 14.2 Å². The van der Waals surface area contributed by atoms with E-state index < -0.39 is 0 Å². The average molecular weight is 296 g/mol. The lowest BCUT2D eigenvalue weighted by Gasteiger charge is -2.19. The fourth-order valence-corrected chi connectivity index (χ4v) is 2.36. The van der Waals surface area contributed by atoms with Gasteiger partial charge in [-0.05, 0) is 17.2 Å². The van der Waals surface area contributed by atoms with Crippen LogP contribution in [0, 0.1) is 0 Å². The Morgan fingerprint density at radius 2 is 1.45 bits per heavy atom. The quantitative estimate of drug-likeness (QED) is 0.779. The SMILES string of the molecule is C1=C[C@@H](OCc2ccccc2)[C@H](COCc2ccccc2)O1. The second-order valence-electron chi connectivity index (χ2n) is 5.27. The molecule has 2 aromatic rings. The van der Waals surface area contributed by atoms with E-state index in [1.807, 2.05) is 42.5 Å². The third-order valence-electron chi connectivity index (χ3n) is 3.57. The van der Waals surface area contributed by atoms with Crippen molar-refractivity contribution in [1.29, 1.82) is 0 Å². The molecule has 0 spiro atoms. The predicted molar refractivity (Wildman–Crippen MR) is 85.1 cm³/mol. The van der Waals surface area contributed by atoms with Gasteiger partial charge >= 0.3 is 0 Å². The van der Waals surface area contributed by atoms with E-state index in [0.29, 0.717) is 19.8 Å². The molecule has 114 valence electrons. The molecule has 2 aromatic carbocycles. The van der Waals surface area contributed by atoms with Gasteiger partial charge < -0.3 is 14.2 Å². The zero-order valence-electron chi connectivity index (χ0n) is 12.4. The van der Waals surface area contributed by atoms with Crippen molar-refractivity contribution in [1.82, 2.24) is 0 Å². The zero-order chi connectivity index (χ0) is 15.0. The van der Waals surface area contributed by atoms with Crippen LogP contribution in [0.25, 0.3) is 0 Å². The Morgan fingerprint density at radius 1 is 0.818 bits per heavy atom. The van der Waals surface area contributed by atoms with Gasteiger partial charge in [0.1, 0.15) is 6.10 Å². The van der Waals surface area contributed by atoms with Gasteiger partial charge in [0.25, 0.3) is 0 Å². The highest BCUT2D eigenvalue weighted by Gasteiger charge is 2.25. The lowest BCUT2D eigenvalue weighted by molar-refractivity contribution is -0.0488. The van der Waals surface area contributed by atoms with Crippen molar-refractivity contribution in [2.45, 2.75) is 25.4 Å². The summed E-state index contributed by atoms with van der Waals surface area (Å²) >= 11 is 0. The maximum atomic E-state index is 5.91. The van der Waals surface area contributed by atoms with Crippen LogP contribution in [-0.2, 0) is 27.4 Å². The molecule has 0 aliphatic carbocycles. The fourth-order valence-electron chi connectivity index (χ4n) is 2.36. The van der Waals surface area contributed by atoms with E-state index in [1.54, 1.807) is 6.26 Å². The summed E-state index contributed by atoms with van der Waals surface area (Å²) < 4.78 is 17.2. The van der Waals surface area contributed by atoms with Gasteiger partial charge in [-0.3, -0.25) is 0 Å². The van der Waals surface area contributed by atoms with E-state index in [4.69, 9.17) is 14.2 Å². The third kappa shape index (κ3) is 4.20. The predicted octanol–water partition coefficient (Wildman–Crippen LogP) is 3.70. The van der Waals surface area contributed by atoms with Crippen LogP contribution in [0.5, 0.6) is 0 Å². The van der Waals surface area contributed by atoms with Crippen molar-refractivity contribution in [2.75, 3.05) is 6.61 Å². The maximum absolute atomic E-state index is 5.91. The molecule has 3 nitrogen and oxygen atoms in total. The minimum atomic E-state index is -0.0765. The topological polar surface area (TPSA) is 27.7 Å². The van der Waals surface area contributed by atoms with E-state index in [-0.39, 0.29) is 12.2 Å². The van der Waals surface area contributed by atoms with Crippen molar-refractivity contribution in [2.24, 2.45) is 0 Å². The van der Waals surface area contributed by atoms with E-state index in [9.17, 15) is 0 Å². The molecule has 22 heavy (non-hydrogen) atoms. The van der Waals surface area contributed by atoms with Crippen molar-refractivity contribution >= 4 is 0 Å². The smallest absolute Gasteiger partial charge is 0.151 e. The first-order valence-electron chi connectivity index (χ1n) is 7.51. The first kappa shape index (κ1) is 14.8. The Kier molecular flexibility index (Phi) is 5.24. The first-order valence-corrected chi connectivity index (χ1v) is 7.51. The summed E-state index contributed by atoms with van der Waals surface area (Å²) in [5, 5.41) is 0. The Morgan fingerprint density at radius 3 is 2.14 bits per heavy atom. The van der Waals surface area contributed by atoms with Gasteiger partial charge in [-0.1, -0.05) is 60.7 Å². The molecule has 0 N–H and O–H groups in total. The van der Waals surface area contributed by atoms with Crippen LogP contribution in [-0.4, -0.2) is 18.8 Å². The molecule has 1 aliphatic heterocycles. The van der Waals surface area contributed by atoms with Crippen LogP contribution in [0.15, 0.2) is 73.0 Å². The highest BCUT2D eigenvalue weighted by Crippen LogP contribution is 2.17. The number of hydrogen-bond donors (Lipinski definition) is 0. The molecule has 0 aromatic heterocycles. The fraction of sp³-hybridized carbons (Fsp3) is 0.263. The lowest BCUT2D eigenvalue weighted by Crippen LogP contribution is -2.29. The van der Waals surface area contributed by atoms with E-state index in [1.165, 1.54) is 0 Å². The zero-order valence-corrected chi connectivity index (χ0v) is 12.4. The molecule has 0 unspecified atom stereocenters. The van der Waals surface area contributed by atoms with Gasteiger partial charge in [-0.15, -0.1) is 0 Å². The Labute approximate surface area is 131 Å². The summed E-state index contributed by atoms with van der Waals surface area (Å²) in [6, 6.07) is 20.3. The summed E-state index contributed by atoms with van der Waals surface area (Å²) in [6.07, 6.45) is 3.51. The molecule has 3 heteroatoms. The minimum Gasteiger partial charge on any atom is -0.493 e. The molecule has 1 heterocycles. The summed E-state index contributed by atoms with van der Waals surface area (Å²) in [4.78, 5) is 0. The molecular formula is C19H20O3. The van der Waals surface area contributed by atoms with Gasteiger partial charge in [-0.2, -0.15) is 0 Å². The minimum absolute atomic E-state index is 0.0593. The van der Waals surface area contributed by atoms with Crippen LogP contribution in [0.2, 0.25) is 0 Å². The lowest BCUT2D eigenvalue weighted by atomic mass is 10.2. The average Bonchev–Trinajstić information content (AvgIpc) is 3.02. The van der Waals surface area contributed by atoms with E-state index in [2.05, 4.69) is 24.3 Å². The molecule has 3 rings (SSSR count). The molecule has 1 aliphatic rings. The first-order chi connectivity index (χ1) is 10.9. The monoisotopic (exact) mass is 296 g/mol. The summed E-state index contributed by atoms with van der Waals surface area (Å²) in [5.41, 5.74) is 2.32. The van der Waals surface area contributed by atoms with Crippen LogP contribution < -0.4 is 0 Å². The molecular weight excluding hydrogens is 276 g/mol. The number of benzene rings is 2. The number of rotatable bonds is 7. The normalized spacial score (nSPS) is 20.0. The number of ether oxygens (including phenoxy) is 3. The summed E-state index contributed by atoms with van der Waals surface area (Å²) in [6.45, 7) is 1.68. The Bertz CT molecular complexity index is 580. The molecule has 0 radical (unpaired) electrons. The molecule has 2 atom stereocenters. The molecule has 0 amide bonds. The van der Waals surface area contributed by atoms with Crippen LogP contribution in [0.4, 0.5) is 0 Å². The van der Waals surface area contributed by atoms with Crippen LogP contribution >= 0.6 is 0 Å². The largest absolute Gasteiger partial charge is 0.493 e. The van der Waals surface area contributed by atoms with Crippen molar-refractivity contribution in [3.8, 4) is 0 Å². The van der Waals surface area contributed by atoms with Gasteiger partial charge in [0, 0.05) is 0 Å². The summed E-state index contributed by atoms with van der Waals surface area (Å²) in [7, 11) is 0.